The molecule has 1 saturated heterocycles. The number of nitrogens with zero attached hydrogens (tertiary/aromatic N) is 1. The van der Waals surface area contributed by atoms with Crippen LogP contribution in [-0.4, -0.2) is 38.4 Å². The van der Waals surface area contributed by atoms with Crippen LogP contribution in [0.3, 0.4) is 0 Å². The maximum Gasteiger partial charge on any atom is 0.147 e. The lowest BCUT2D eigenvalue weighted by atomic mass is 9.94. The summed E-state index contributed by atoms with van der Waals surface area (Å²) in [5.41, 5.74) is 1.25. The molecule has 1 aliphatic rings. The van der Waals surface area contributed by atoms with Gasteiger partial charge in [-0.2, -0.15) is 0 Å². The van der Waals surface area contributed by atoms with Crippen LogP contribution in [-0.2, 0) is 9.47 Å². The van der Waals surface area contributed by atoms with Gasteiger partial charge in [-0.3, -0.25) is 0 Å². The van der Waals surface area contributed by atoms with E-state index in [1.54, 1.807) is 7.11 Å². The largest absolute Gasteiger partial charge is 0.359 e. The highest BCUT2D eigenvalue weighted by molar-refractivity contribution is 5.17. The maximum absolute atomic E-state index is 5.88. The van der Waals surface area contributed by atoms with Crippen LogP contribution in [0.2, 0.25) is 0 Å². The Morgan fingerprint density at radius 3 is 2.74 bits per heavy atom. The zero-order chi connectivity index (χ0) is 13.5. The molecule has 1 heterocycles. The van der Waals surface area contributed by atoms with E-state index in [0.717, 1.165) is 6.42 Å². The number of methoxy groups -OCH3 is 1. The summed E-state index contributed by atoms with van der Waals surface area (Å²) < 4.78 is 11.0. The van der Waals surface area contributed by atoms with Gasteiger partial charge in [0.1, 0.15) is 6.79 Å². The molecule has 3 heteroatoms. The Balaban J connectivity index is 2.01. The lowest BCUT2D eigenvalue weighted by Gasteiger charge is -2.34. The van der Waals surface area contributed by atoms with Gasteiger partial charge in [-0.05, 0) is 38.4 Å². The van der Waals surface area contributed by atoms with Crippen LogP contribution in [0.25, 0.3) is 0 Å². The molecule has 0 N–H and O–H groups in total. The second-order valence-electron chi connectivity index (χ2n) is 5.34. The fourth-order valence-electron chi connectivity index (χ4n) is 2.81. The van der Waals surface area contributed by atoms with Crippen molar-refractivity contribution in [3.8, 4) is 0 Å². The van der Waals surface area contributed by atoms with E-state index in [1.165, 1.54) is 31.4 Å². The Hall–Kier alpha value is -0.900. The normalized spacial score (nSPS) is 22.3. The molecule has 2 atom stereocenters. The SMILES string of the molecule is COCO[C@H](C[C@@H]1CCCCN1C)c1ccccc1. The fraction of sp³-hybridized carbons (Fsp3) is 0.625. The summed E-state index contributed by atoms with van der Waals surface area (Å²) in [6.07, 6.45) is 5.11. The third-order valence-corrected chi connectivity index (χ3v) is 3.97. The Morgan fingerprint density at radius 2 is 2.05 bits per heavy atom. The first-order valence-electron chi connectivity index (χ1n) is 7.17. The van der Waals surface area contributed by atoms with Gasteiger partial charge in [0.05, 0.1) is 6.10 Å². The molecule has 0 aromatic heterocycles. The van der Waals surface area contributed by atoms with Gasteiger partial charge in [0.25, 0.3) is 0 Å². The van der Waals surface area contributed by atoms with E-state index < -0.39 is 0 Å². The summed E-state index contributed by atoms with van der Waals surface area (Å²) in [6, 6.07) is 11.1. The number of hydrogen-bond donors (Lipinski definition) is 0. The van der Waals surface area contributed by atoms with Crippen molar-refractivity contribution in [3.05, 3.63) is 35.9 Å². The van der Waals surface area contributed by atoms with Gasteiger partial charge in [0, 0.05) is 13.2 Å². The van der Waals surface area contributed by atoms with E-state index in [4.69, 9.17) is 9.47 Å². The Kier molecular flexibility index (Phi) is 5.83. The van der Waals surface area contributed by atoms with Gasteiger partial charge < -0.3 is 14.4 Å². The molecule has 19 heavy (non-hydrogen) atoms. The minimum absolute atomic E-state index is 0.131. The zero-order valence-electron chi connectivity index (χ0n) is 12.0. The average molecular weight is 263 g/mol. The van der Waals surface area contributed by atoms with E-state index in [2.05, 4.69) is 36.2 Å². The molecule has 1 fully saturated rings. The van der Waals surface area contributed by atoms with E-state index in [-0.39, 0.29) is 6.10 Å². The van der Waals surface area contributed by atoms with Gasteiger partial charge >= 0.3 is 0 Å². The highest BCUT2D eigenvalue weighted by atomic mass is 16.7. The number of rotatable bonds is 6. The van der Waals surface area contributed by atoms with Crippen molar-refractivity contribution in [1.29, 1.82) is 0 Å². The highest BCUT2D eigenvalue weighted by Gasteiger charge is 2.24. The summed E-state index contributed by atoms with van der Waals surface area (Å²) in [5, 5.41) is 0. The first-order valence-corrected chi connectivity index (χ1v) is 7.17. The van der Waals surface area contributed by atoms with E-state index in [0.29, 0.717) is 12.8 Å². The van der Waals surface area contributed by atoms with E-state index in [1.807, 2.05) is 6.07 Å². The number of piperidine rings is 1. The quantitative estimate of drug-likeness (QED) is 0.736. The molecule has 0 radical (unpaired) electrons. The Morgan fingerprint density at radius 1 is 1.26 bits per heavy atom. The maximum atomic E-state index is 5.88. The van der Waals surface area contributed by atoms with Gasteiger partial charge in [0.2, 0.25) is 0 Å². The molecule has 0 amide bonds. The monoisotopic (exact) mass is 263 g/mol. The molecule has 3 nitrogen and oxygen atoms in total. The molecule has 0 aliphatic carbocycles. The second kappa shape index (κ2) is 7.63. The van der Waals surface area contributed by atoms with Crippen molar-refractivity contribution in [3.63, 3.8) is 0 Å². The molecule has 1 aromatic rings. The summed E-state index contributed by atoms with van der Waals surface area (Å²) in [4.78, 5) is 2.47. The summed E-state index contributed by atoms with van der Waals surface area (Å²) >= 11 is 0. The number of likely N-dealkylation sites (tertiary alicyclic amines) is 1. The van der Waals surface area contributed by atoms with Crippen molar-refractivity contribution in [2.45, 2.75) is 37.8 Å². The first kappa shape index (κ1) is 14.5. The van der Waals surface area contributed by atoms with E-state index >= 15 is 0 Å². The van der Waals surface area contributed by atoms with Crippen LogP contribution in [0.5, 0.6) is 0 Å². The van der Waals surface area contributed by atoms with Gasteiger partial charge in [-0.15, -0.1) is 0 Å². The third-order valence-electron chi connectivity index (χ3n) is 3.97. The summed E-state index contributed by atoms with van der Waals surface area (Å²) in [5.74, 6) is 0. The van der Waals surface area contributed by atoms with Crippen molar-refractivity contribution >= 4 is 0 Å². The van der Waals surface area contributed by atoms with Crippen LogP contribution in [0, 0.1) is 0 Å². The highest BCUT2D eigenvalue weighted by Crippen LogP contribution is 2.28. The predicted molar refractivity (Wildman–Crippen MR) is 77.0 cm³/mol. The van der Waals surface area contributed by atoms with Gasteiger partial charge in [-0.25, -0.2) is 0 Å². The van der Waals surface area contributed by atoms with Crippen LogP contribution in [0.1, 0.15) is 37.4 Å². The molecular weight excluding hydrogens is 238 g/mol. The first-order chi connectivity index (χ1) is 9.31. The molecule has 0 bridgehead atoms. The predicted octanol–water partition coefficient (Wildman–Crippen LogP) is 3.22. The number of ether oxygens (including phenoxy) is 2. The number of benzene rings is 1. The molecule has 1 aromatic carbocycles. The summed E-state index contributed by atoms with van der Waals surface area (Å²) in [6.45, 7) is 1.56. The standard InChI is InChI=1S/C16H25NO2/c1-17-11-7-6-10-15(17)12-16(19-13-18-2)14-8-4-3-5-9-14/h3-5,8-9,15-16H,6-7,10-13H2,1-2H3/t15-,16+/m0/s1. The minimum atomic E-state index is 0.131. The van der Waals surface area contributed by atoms with Crippen LogP contribution in [0.15, 0.2) is 30.3 Å². The Bertz CT molecular complexity index is 355. The van der Waals surface area contributed by atoms with E-state index in [9.17, 15) is 0 Å². The average Bonchev–Trinajstić information content (AvgIpc) is 2.46. The minimum Gasteiger partial charge on any atom is -0.359 e. The second-order valence-corrected chi connectivity index (χ2v) is 5.34. The fourth-order valence-corrected chi connectivity index (χ4v) is 2.81. The van der Waals surface area contributed by atoms with Crippen molar-refractivity contribution < 1.29 is 9.47 Å². The lowest BCUT2D eigenvalue weighted by Crippen LogP contribution is -2.37. The molecule has 106 valence electrons. The molecule has 1 aliphatic heterocycles. The molecule has 0 unspecified atom stereocenters. The Labute approximate surface area is 116 Å². The van der Waals surface area contributed by atoms with Crippen LogP contribution < -0.4 is 0 Å². The third kappa shape index (κ3) is 4.30. The molecule has 0 spiro atoms. The number of hydrogen-bond acceptors (Lipinski definition) is 3. The van der Waals surface area contributed by atoms with Crippen molar-refractivity contribution in [2.75, 3.05) is 27.5 Å². The smallest absolute Gasteiger partial charge is 0.147 e. The topological polar surface area (TPSA) is 21.7 Å². The van der Waals surface area contributed by atoms with Crippen LogP contribution >= 0.6 is 0 Å². The molecular formula is C16H25NO2. The lowest BCUT2D eigenvalue weighted by molar-refractivity contribution is -0.0835. The summed E-state index contributed by atoms with van der Waals surface area (Å²) in [7, 11) is 3.90. The zero-order valence-corrected chi connectivity index (χ0v) is 12.0. The van der Waals surface area contributed by atoms with Crippen LogP contribution in [0.4, 0.5) is 0 Å². The van der Waals surface area contributed by atoms with Crippen molar-refractivity contribution in [2.24, 2.45) is 0 Å². The molecule has 0 saturated carbocycles. The van der Waals surface area contributed by atoms with Gasteiger partial charge in [0.15, 0.2) is 0 Å². The molecule has 2 rings (SSSR count). The van der Waals surface area contributed by atoms with Crippen molar-refractivity contribution in [1.82, 2.24) is 4.90 Å². The van der Waals surface area contributed by atoms with Gasteiger partial charge in [-0.1, -0.05) is 36.8 Å².